The van der Waals surface area contributed by atoms with Gasteiger partial charge in [-0.2, -0.15) is 5.10 Å². The van der Waals surface area contributed by atoms with Gasteiger partial charge in [-0.15, -0.1) is 0 Å². The second-order valence-corrected chi connectivity index (χ2v) is 7.30. The van der Waals surface area contributed by atoms with Crippen LogP contribution in [-0.2, 0) is 16.1 Å². The number of hydrogen-bond donors (Lipinski definition) is 2. The summed E-state index contributed by atoms with van der Waals surface area (Å²) in [5.41, 5.74) is 6.87. The molecule has 31 heavy (non-hydrogen) atoms. The van der Waals surface area contributed by atoms with E-state index in [1.54, 1.807) is 31.4 Å². The predicted octanol–water partition coefficient (Wildman–Crippen LogP) is 3.52. The lowest BCUT2D eigenvalue weighted by Crippen LogP contribution is -2.37. The summed E-state index contributed by atoms with van der Waals surface area (Å²) in [5, 5.41) is 7.07. The lowest BCUT2D eigenvalue weighted by Gasteiger charge is -2.10. The quantitative estimate of drug-likeness (QED) is 0.351. The van der Waals surface area contributed by atoms with E-state index < -0.39 is 11.8 Å². The van der Waals surface area contributed by atoms with Gasteiger partial charge in [0.2, 0.25) is 0 Å². The van der Waals surface area contributed by atoms with E-state index in [-0.39, 0.29) is 6.54 Å². The van der Waals surface area contributed by atoms with Gasteiger partial charge in [0.1, 0.15) is 5.75 Å². The minimum atomic E-state index is -0.839. The molecule has 7 nitrogen and oxygen atoms in total. The first-order valence-corrected chi connectivity index (χ1v) is 9.96. The van der Waals surface area contributed by atoms with Gasteiger partial charge in [0, 0.05) is 34.2 Å². The van der Waals surface area contributed by atoms with Crippen molar-refractivity contribution >= 4 is 29.6 Å². The third kappa shape index (κ3) is 5.52. The Kier molecular flexibility index (Phi) is 7.10. The molecular weight excluding hydrogens is 416 g/mol. The number of ether oxygens (including phenoxy) is 1. The molecule has 0 fully saturated rings. The van der Waals surface area contributed by atoms with E-state index in [1.807, 2.05) is 44.2 Å². The molecular formula is C23H23ClN4O3. The first-order chi connectivity index (χ1) is 14.9. The van der Waals surface area contributed by atoms with Crippen LogP contribution in [0.1, 0.15) is 22.5 Å². The van der Waals surface area contributed by atoms with Crippen LogP contribution in [-0.4, -0.2) is 29.7 Å². The number of rotatable bonds is 6. The van der Waals surface area contributed by atoms with Gasteiger partial charge in [0.05, 0.1) is 13.3 Å². The fourth-order valence-electron chi connectivity index (χ4n) is 3.12. The van der Waals surface area contributed by atoms with Gasteiger partial charge in [-0.1, -0.05) is 23.7 Å². The second-order valence-electron chi connectivity index (χ2n) is 6.87. The average molecular weight is 439 g/mol. The first-order valence-electron chi connectivity index (χ1n) is 9.58. The Morgan fingerprint density at radius 2 is 1.74 bits per heavy atom. The molecule has 3 rings (SSSR count). The highest BCUT2D eigenvalue weighted by Crippen LogP contribution is 2.21. The number of carbonyl (C=O) groups excluding carboxylic acids is 2. The molecule has 2 aromatic carbocycles. The van der Waals surface area contributed by atoms with E-state index >= 15 is 0 Å². The Bertz CT molecular complexity index is 1100. The van der Waals surface area contributed by atoms with Crippen LogP contribution < -0.4 is 15.5 Å². The number of methoxy groups -OCH3 is 1. The molecule has 2 amide bonds. The van der Waals surface area contributed by atoms with Crippen molar-refractivity contribution in [2.45, 2.75) is 20.4 Å². The Morgan fingerprint density at radius 3 is 2.39 bits per heavy atom. The van der Waals surface area contributed by atoms with Crippen LogP contribution in [0.4, 0.5) is 0 Å². The number of aromatic nitrogens is 1. The van der Waals surface area contributed by atoms with Gasteiger partial charge in [-0.25, -0.2) is 5.43 Å². The number of amides is 2. The molecule has 1 aromatic heterocycles. The number of benzene rings is 2. The fourth-order valence-corrected chi connectivity index (χ4v) is 3.25. The van der Waals surface area contributed by atoms with Crippen molar-refractivity contribution in [3.8, 4) is 11.4 Å². The lowest BCUT2D eigenvalue weighted by atomic mass is 10.2. The first kappa shape index (κ1) is 22.1. The van der Waals surface area contributed by atoms with Crippen LogP contribution in [0.3, 0.4) is 0 Å². The van der Waals surface area contributed by atoms with Crippen molar-refractivity contribution in [3.63, 3.8) is 0 Å². The molecule has 8 heteroatoms. The molecule has 0 aliphatic heterocycles. The highest BCUT2D eigenvalue weighted by Gasteiger charge is 2.13. The molecule has 0 unspecified atom stereocenters. The number of aryl methyl sites for hydroxylation is 1. The molecule has 0 saturated heterocycles. The number of hydrogen-bond acceptors (Lipinski definition) is 4. The molecule has 0 spiro atoms. The number of hydrazone groups is 1. The van der Waals surface area contributed by atoms with Crippen LogP contribution >= 0.6 is 11.6 Å². The smallest absolute Gasteiger partial charge is 0.329 e. The lowest BCUT2D eigenvalue weighted by molar-refractivity contribution is -0.139. The molecule has 0 aliphatic carbocycles. The summed E-state index contributed by atoms with van der Waals surface area (Å²) in [6.45, 7) is 4.16. The standard InChI is InChI=1S/C23H23ClN4O3/c1-15-12-18(16(2)28(15)20-8-10-21(31-3)11-9-20)14-26-27-23(30)22(29)25-13-17-4-6-19(24)7-5-17/h4-12,14H,13H2,1-3H3,(H,25,29)(H,27,30)/b26-14-. The number of nitrogens with one attached hydrogen (secondary N) is 2. The Balaban J connectivity index is 1.60. The predicted molar refractivity (Wildman–Crippen MR) is 121 cm³/mol. The molecule has 1 heterocycles. The minimum Gasteiger partial charge on any atom is -0.497 e. The fraction of sp³-hybridized carbons (Fsp3) is 0.174. The molecule has 0 saturated carbocycles. The second kappa shape index (κ2) is 9.95. The summed E-state index contributed by atoms with van der Waals surface area (Å²) in [5.74, 6) is -0.824. The minimum absolute atomic E-state index is 0.218. The summed E-state index contributed by atoms with van der Waals surface area (Å²) in [6, 6.07) is 16.7. The van der Waals surface area contributed by atoms with Gasteiger partial charge in [0.15, 0.2) is 0 Å². The third-order valence-electron chi connectivity index (χ3n) is 4.74. The van der Waals surface area contributed by atoms with E-state index in [4.69, 9.17) is 16.3 Å². The molecule has 0 aliphatic rings. The van der Waals surface area contributed by atoms with Crippen LogP contribution in [0.5, 0.6) is 5.75 Å². The van der Waals surface area contributed by atoms with E-state index in [2.05, 4.69) is 20.4 Å². The maximum Gasteiger partial charge on any atom is 0.329 e. The highest BCUT2D eigenvalue weighted by atomic mass is 35.5. The van der Waals surface area contributed by atoms with Crippen LogP contribution in [0, 0.1) is 13.8 Å². The zero-order valence-electron chi connectivity index (χ0n) is 17.5. The van der Waals surface area contributed by atoms with Crippen molar-refractivity contribution in [3.05, 3.63) is 82.1 Å². The molecule has 0 bridgehead atoms. The van der Waals surface area contributed by atoms with Gasteiger partial charge >= 0.3 is 11.8 Å². The summed E-state index contributed by atoms with van der Waals surface area (Å²) < 4.78 is 7.27. The van der Waals surface area contributed by atoms with E-state index in [0.29, 0.717) is 5.02 Å². The van der Waals surface area contributed by atoms with Crippen molar-refractivity contribution in [1.29, 1.82) is 0 Å². The van der Waals surface area contributed by atoms with Crippen molar-refractivity contribution in [2.24, 2.45) is 5.10 Å². The van der Waals surface area contributed by atoms with Gasteiger partial charge in [-0.3, -0.25) is 9.59 Å². The van der Waals surface area contributed by atoms with E-state index in [0.717, 1.165) is 34.0 Å². The highest BCUT2D eigenvalue weighted by molar-refractivity contribution is 6.35. The van der Waals surface area contributed by atoms with Crippen LogP contribution in [0.25, 0.3) is 5.69 Å². The van der Waals surface area contributed by atoms with E-state index in [9.17, 15) is 9.59 Å². The third-order valence-corrected chi connectivity index (χ3v) is 5.00. The van der Waals surface area contributed by atoms with Crippen molar-refractivity contribution in [1.82, 2.24) is 15.3 Å². The summed E-state index contributed by atoms with van der Waals surface area (Å²) in [6.07, 6.45) is 1.52. The zero-order valence-corrected chi connectivity index (χ0v) is 18.2. The Morgan fingerprint density at radius 1 is 1.06 bits per heavy atom. The summed E-state index contributed by atoms with van der Waals surface area (Å²) in [7, 11) is 1.63. The van der Waals surface area contributed by atoms with Crippen LogP contribution in [0.15, 0.2) is 59.7 Å². The van der Waals surface area contributed by atoms with Crippen molar-refractivity contribution in [2.75, 3.05) is 7.11 Å². The van der Waals surface area contributed by atoms with Gasteiger partial charge in [0.25, 0.3) is 0 Å². The summed E-state index contributed by atoms with van der Waals surface area (Å²) in [4.78, 5) is 23.9. The molecule has 0 atom stereocenters. The maximum absolute atomic E-state index is 12.0. The monoisotopic (exact) mass is 438 g/mol. The van der Waals surface area contributed by atoms with Gasteiger partial charge in [-0.05, 0) is 61.9 Å². The van der Waals surface area contributed by atoms with Crippen molar-refractivity contribution < 1.29 is 14.3 Å². The number of nitrogens with zero attached hydrogens (tertiary/aromatic N) is 2. The largest absolute Gasteiger partial charge is 0.497 e. The normalized spacial score (nSPS) is 10.8. The molecule has 2 N–H and O–H groups in total. The topological polar surface area (TPSA) is 84.7 Å². The van der Waals surface area contributed by atoms with Crippen LogP contribution in [0.2, 0.25) is 5.02 Å². The molecule has 3 aromatic rings. The average Bonchev–Trinajstić information content (AvgIpc) is 3.06. The number of halogens is 1. The zero-order chi connectivity index (χ0) is 22.4. The SMILES string of the molecule is COc1ccc(-n2c(C)cc(/C=N\NC(=O)C(=O)NCc3ccc(Cl)cc3)c2C)cc1. The number of carbonyl (C=O) groups is 2. The summed E-state index contributed by atoms with van der Waals surface area (Å²) >= 11 is 5.83. The van der Waals surface area contributed by atoms with Gasteiger partial charge < -0.3 is 14.6 Å². The van der Waals surface area contributed by atoms with E-state index in [1.165, 1.54) is 6.21 Å². The molecule has 0 radical (unpaired) electrons. The Labute approximate surface area is 185 Å². The maximum atomic E-state index is 12.0. The molecule has 160 valence electrons. The Hall–Kier alpha value is -3.58.